The number of halogens is 4. The second-order valence-electron chi connectivity index (χ2n) is 5.60. The van der Waals surface area contributed by atoms with E-state index in [0.717, 1.165) is 6.07 Å². The quantitative estimate of drug-likeness (QED) is 0.433. The van der Waals surface area contributed by atoms with Gasteiger partial charge in [0.25, 0.3) is 0 Å². The molecule has 0 heterocycles. The van der Waals surface area contributed by atoms with Crippen LogP contribution in [0.2, 0.25) is 0 Å². The van der Waals surface area contributed by atoms with Crippen molar-refractivity contribution in [1.29, 1.82) is 0 Å². The van der Waals surface area contributed by atoms with Crippen molar-refractivity contribution in [1.82, 2.24) is 4.90 Å². The Balaban J connectivity index is 3.37. The Morgan fingerprint density at radius 3 is 2.26 bits per heavy atom. The molecule has 0 spiro atoms. The van der Waals surface area contributed by atoms with Crippen molar-refractivity contribution in [2.45, 2.75) is 32.5 Å². The van der Waals surface area contributed by atoms with Crippen LogP contribution in [0.5, 0.6) is 0 Å². The number of nitrogens with zero attached hydrogens (tertiary/aromatic N) is 2. The predicted octanol–water partition coefficient (Wildman–Crippen LogP) is 4.40. The van der Waals surface area contributed by atoms with Gasteiger partial charge in [-0.1, -0.05) is 15.9 Å². The van der Waals surface area contributed by atoms with Gasteiger partial charge >= 0.3 is 12.1 Å². The van der Waals surface area contributed by atoms with Crippen LogP contribution in [0, 0.1) is 0 Å². The van der Waals surface area contributed by atoms with Gasteiger partial charge in [-0.05, 0) is 32.0 Å². The summed E-state index contributed by atoms with van der Waals surface area (Å²) < 4.78 is 44.1. The second-order valence-corrected chi connectivity index (χ2v) is 6.45. The van der Waals surface area contributed by atoms with Gasteiger partial charge in [0, 0.05) is 25.5 Å². The maximum atomic E-state index is 13.0. The Labute approximate surface area is 141 Å². The van der Waals surface area contributed by atoms with E-state index in [4.69, 9.17) is 4.74 Å². The van der Waals surface area contributed by atoms with Crippen LogP contribution in [0.4, 0.5) is 18.9 Å². The number of hydrogen-bond acceptors (Lipinski definition) is 3. The smallest absolute Gasteiger partial charge is 0.417 e. The molecular formula is C15H18BrF3N2O2. The second kappa shape index (κ2) is 6.90. The first kappa shape index (κ1) is 19.5. The Morgan fingerprint density at radius 2 is 1.83 bits per heavy atom. The number of alkyl halides is 3. The number of carbonyl (C=O) groups is 1. The van der Waals surface area contributed by atoms with Gasteiger partial charge in [0.15, 0.2) is 5.60 Å². The van der Waals surface area contributed by atoms with Crippen LogP contribution in [0.3, 0.4) is 0 Å². The number of amidine groups is 1. The van der Waals surface area contributed by atoms with Crippen LogP contribution >= 0.6 is 15.9 Å². The lowest BCUT2D eigenvalue weighted by molar-refractivity contribution is -0.148. The number of carbonyl (C=O) groups excluding carboxylic acids is 1. The van der Waals surface area contributed by atoms with E-state index in [9.17, 15) is 18.0 Å². The molecule has 0 aliphatic heterocycles. The molecule has 1 rings (SSSR count). The molecule has 0 saturated carbocycles. The fraction of sp³-hybridized carbons (Fsp3) is 0.467. The van der Waals surface area contributed by atoms with Crippen LogP contribution in [-0.4, -0.2) is 36.4 Å². The van der Waals surface area contributed by atoms with Crippen LogP contribution in [0.1, 0.15) is 26.3 Å². The van der Waals surface area contributed by atoms with E-state index < -0.39 is 23.3 Å². The SMILES string of the molecule is CC(=O)OC(C)(C)C(=Nc1ccc(Br)c(C(F)(F)F)c1)N(C)C. The largest absolute Gasteiger partial charge is 0.452 e. The van der Waals surface area contributed by atoms with Gasteiger partial charge in [0.2, 0.25) is 0 Å². The van der Waals surface area contributed by atoms with Crippen molar-refractivity contribution >= 4 is 33.4 Å². The summed E-state index contributed by atoms with van der Waals surface area (Å²) in [6.45, 7) is 4.50. The minimum absolute atomic E-state index is 0.0606. The lowest BCUT2D eigenvalue weighted by Crippen LogP contribution is -2.44. The van der Waals surface area contributed by atoms with Gasteiger partial charge in [0.05, 0.1) is 11.3 Å². The Bertz CT molecular complexity index is 626. The van der Waals surface area contributed by atoms with E-state index >= 15 is 0 Å². The Morgan fingerprint density at radius 1 is 1.26 bits per heavy atom. The summed E-state index contributed by atoms with van der Waals surface area (Å²) in [4.78, 5) is 17.1. The highest BCUT2D eigenvalue weighted by Gasteiger charge is 2.34. The zero-order valence-corrected chi connectivity index (χ0v) is 15.0. The summed E-state index contributed by atoms with van der Waals surface area (Å²) >= 11 is 2.89. The summed E-state index contributed by atoms with van der Waals surface area (Å²) in [6.07, 6.45) is -4.49. The molecule has 1 aromatic rings. The van der Waals surface area contributed by atoms with Crippen molar-refractivity contribution in [3.63, 3.8) is 0 Å². The number of esters is 1. The first-order valence-electron chi connectivity index (χ1n) is 6.67. The fourth-order valence-corrected chi connectivity index (χ4v) is 2.57. The maximum absolute atomic E-state index is 13.0. The third-order valence-corrected chi connectivity index (χ3v) is 3.54. The Hall–Kier alpha value is -1.57. The first-order valence-corrected chi connectivity index (χ1v) is 7.46. The molecule has 0 atom stereocenters. The molecule has 0 bridgehead atoms. The number of likely N-dealkylation sites (N-methyl/N-ethyl adjacent to an activating group) is 1. The highest BCUT2D eigenvalue weighted by molar-refractivity contribution is 9.10. The molecule has 0 fully saturated rings. The van der Waals surface area contributed by atoms with Crippen molar-refractivity contribution in [2.75, 3.05) is 14.1 Å². The summed E-state index contributed by atoms with van der Waals surface area (Å²) in [5, 5.41) is 0. The Kier molecular flexibility index (Phi) is 5.84. The van der Waals surface area contributed by atoms with E-state index in [1.165, 1.54) is 19.1 Å². The van der Waals surface area contributed by atoms with Crippen LogP contribution < -0.4 is 0 Å². The molecule has 0 aliphatic rings. The van der Waals surface area contributed by atoms with Gasteiger partial charge in [0.1, 0.15) is 5.84 Å². The molecular weight excluding hydrogens is 377 g/mol. The molecule has 8 heteroatoms. The van der Waals surface area contributed by atoms with Crippen LogP contribution in [0.25, 0.3) is 0 Å². The molecule has 4 nitrogen and oxygen atoms in total. The average Bonchev–Trinajstić information content (AvgIpc) is 2.33. The molecule has 23 heavy (non-hydrogen) atoms. The average molecular weight is 395 g/mol. The first-order chi connectivity index (χ1) is 10.3. The summed E-state index contributed by atoms with van der Waals surface area (Å²) in [7, 11) is 3.35. The van der Waals surface area contributed by atoms with Crippen molar-refractivity contribution in [3.05, 3.63) is 28.2 Å². The van der Waals surface area contributed by atoms with Gasteiger partial charge < -0.3 is 9.64 Å². The zero-order valence-electron chi connectivity index (χ0n) is 13.5. The van der Waals surface area contributed by atoms with E-state index in [2.05, 4.69) is 20.9 Å². The highest BCUT2D eigenvalue weighted by atomic mass is 79.9. The van der Waals surface area contributed by atoms with Gasteiger partial charge in [-0.25, -0.2) is 4.99 Å². The summed E-state index contributed by atoms with van der Waals surface area (Å²) in [5.41, 5.74) is -1.78. The summed E-state index contributed by atoms with van der Waals surface area (Å²) in [5.74, 6) is -0.181. The zero-order chi connectivity index (χ0) is 18.0. The van der Waals surface area contributed by atoms with Crippen molar-refractivity contribution in [3.8, 4) is 0 Å². The summed E-state index contributed by atoms with van der Waals surface area (Å²) in [6, 6.07) is 3.68. The van der Waals surface area contributed by atoms with Crippen LogP contribution in [-0.2, 0) is 15.7 Å². The minimum atomic E-state index is -4.49. The molecule has 0 radical (unpaired) electrons. The van der Waals surface area contributed by atoms with E-state index in [1.807, 2.05) is 0 Å². The monoisotopic (exact) mass is 394 g/mol. The molecule has 0 N–H and O–H groups in total. The number of ether oxygens (including phenoxy) is 1. The lowest BCUT2D eigenvalue weighted by atomic mass is 10.1. The molecule has 0 aliphatic carbocycles. The van der Waals surface area contributed by atoms with Crippen molar-refractivity contribution < 1.29 is 22.7 Å². The normalized spacial score (nSPS) is 13.0. The molecule has 128 valence electrons. The third kappa shape index (κ3) is 5.23. The van der Waals surface area contributed by atoms with Gasteiger partial charge in [-0.15, -0.1) is 0 Å². The molecule has 0 amide bonds. The van der Waals surface area contributed by atoms with E-state index in [1.54, 1.807) is 32.8 Å². The van der Waals surface area contributed by atoms with Gasteiger partial charge in [-0.2, -0.15) is 13.2 Å². The predicted molar refractivity (Wildman–Crippen MR) is 85.8 cm³/mol. The van der Waals surface area contributed by atoms with Gasteiger partial charge in [-0.3, -0.25) is 4.79 Å². The van der Waals surface area contributed by atoms with E-state index in [-0.39, 0.29) is 10.2 Å². The number of hydrogen-bond donors (Lipinski definition) is 0. The number of benzene rings is 1. The maximum Gasteiger partial charge on any atom is 0.417 e. The lowest BCUT2D eigenvalue weighted by Gasteiger charge is -2.30. The number of aliphatic imine (C=N–C) groups is 1. The molecule has 0 saturated heterocycles. The third-order valence-electron chi connectivity index (χ3n) is 2.85. The van der Waals surface area contributed by atoms with Crippen molar-refractivity contribution in [2.24, 2.45) is 4.99 Å². The fourth-order valence-electron chi connectivity index (χ4n) is 2.10. The molecule has 1 aromatic carbocycles. The topological polar surface area (TPSA) is 41.9 Å². The van der Waals surface area contributed by atoms with Crippen LogP contribution in [0.15, 0.2) is 27.7 Å². The minimum Gasteiger partial charge on any atom is -0.452 e. The standard InChI is InChI=1S/C15H18BrF3N2O2/c1-9(22)23-14(2,3)13(21(4)5)20-10-6-7-12(16)11(8-10)15(17,18)19/h6-8H,1-5H3. The molecule has 0 aromatic heterocycles. The molecule has 0 unspecified atom stereocenters. The highest BCUT2D eigenvalue weighted by Crippen LogP contribution is 2.37. The number of rotatable bonds is 3. The van der Waals surface area contributed by atoms with E-state index in [0.29, 0.717) is 5.84 Å².